The number of anilines is 2. The molecule has 1 fully saturated rings. The number of amides is 1. The predicted octanol–water partition coefficient (Wildman–Crippen LogP) is -1.87. The summed E-state index contributed by atoms with van der Waals surface area (Å²) in [5, 5.41) is 11.4. The smallest absolute Gasteiger partial charge is 0.305 e. The summed E-state index contributed by atoms with van der Waals surface area (Å²) in [6, 6.07) is -0.928. The van der Waals surface area contributed by atoms with Gasteiger partial charge in [0.25, 0.3) is 5.56 Å². The molecule has 19 heavy (non-hydrogen) atoms. The fraction of sp³-hybridized carbons (Fsp3) is 0.400. The van der Waals surface area contributed by atoms with Crippen LogP contribution in [0.5, 0.6) is 0 Å². The summed E-state index contributed by atoms with van der Waals surface area (Å²) in [4.78, 5) is 41.7. The van der Waals surface area contributed by atoms with E-state index in [1.165, 1.54) is 11.2 Å². The van der Waals surface area contributed by atoms with Crippen molar-refractivity contribution in [2.45, 2.75) is 12.5 Å². The number of aromatic amines is 1. The van der Waals surface area contributed by atoms with Crippen LogP contribution in [0.4, 0.5) is 11.5 Å². The number of H-pyrrole nitrogens is 1. The summed E-state index contributed by atoms with van der Waals surface area (Å²) in [5.74, 6) is -1.41. The average Bonchev–Trinajstić information content (AvgIpc) is 2.35. The van der Waals surface area contributed by atoms with Crippen LogP contribution in [0.25, 0.3) is 0 Å². The number of hydrogen-bond acceptors (Lipinski definition) is 6. The van der Waals surface area contributed by atoms with E-state index in [1.54, 1.807) is 0 Å². The summed E-state index contributed by atoms with van der Waals surface area (Å²) < 4.78 is 0. The molecular weight excluding hydrogens is 254 g/mol. The standard InChI is InChI=1S/C10H13N5O4/c11-7-8(13-4-14-10(7)19)15-2-1-12-9(18)5(15)3-6(16)17/h4-5H,1-3,11H2,(H,12,18)(H,16,17)(H,13,14,19). The van der Waals surface area contributed by atoms with Crippen molar-refractivity contribution in [3.63, 3.8) is 0 Å². The van der Waals surface area contributed by atoms with Gasteiger partial charge in [-0.25, -0.2) is 4.98 Å². The number of aliphatic carboxylic acids is 1. The Hall–Kier alpha value is -2.58. The monoisotopic (exact) mass is 267 g/mol. The molecule has 0 aromatic carbocycles. The molecule has 0 spiro atoms. The average molecular weight is 267 g/mol. The van der Waals surface area contributed by atoms with Crippen molar-refractivity contribution in [3.8, 4) is 0 Å². The summed E-state index contributed by atoms with van der Waals surface area (Å²) in [5.41, 5.74) is 4.97. The summed E-state index contributed by atoms with van der Waals surface area (Å²) >= 11 is 0. The van der Waals surface area contributed by atoms with E-state index in [-0.39, 0.29) is 17.9 Å². The highest BCUT2D eigenvalue weighted by Gasteiger charge is 2.33. The van der Waals surface area contributed by atoms with Gasteiger partial charge >= 0.3 is 5.97 Å². The zero-order chi connectivity index (χ0) is 14.0. The van der Waals surface area contributed by atoms with Crippen LogP contribution >= 0.6 is 0 Å². The van der Waals surface area contributed by atoms with Crippen LogP contribution in [0.1, 0.15) is 6.42 Å². The molecule has 102 valence electrons. The van der Waals surface area contributed by atoms with Crippen molar-refractivity contribution < 1.29 is 14.7 Å². The maximum Gasteiger partial charge on any atom is 0.305 e. The number of carbonyl (C=O) groups is 2. The van der Waals surface area contributed by atoms with E-state index in [4.69, 9.17) is 10.8 Å². The zero-order valence-corrected chi connectivity index (χ0v) is 9.92. The van der Waals surface area contributed by atoms with Crippen LogP contribution in [0.3, 0.4) is 0 Å². The van der Waals surface area contributed by atoms with Crippen LogP contribution < -0.4 is 21.5 Å². The van der Waals surface area contributed by atoms with Gasteiger partial charge in [-0.05, 0) is 0 Å². The van der Waals surface area contributed by atoms with Crippen LogP contribution in [0, 0.1) is 0 Å². The second kappa shape index (κ2) is 4.96. The van der Waals surface area contributed by atoms with E-state index >= 15 is 0 Å². The van der Waals surface area contributed by atoms with Crippen molar-refractivity contribution in [2.75, 3.05) is 23.7 Å². The lowest BCUT2D eigenvalue weighted by molar-refractivity contribution is -0.139. The third kappa shape index (κ3) is 2.49. The number of nitrogens with zero attached hydrogens (tertiary/aromatic N) is 2. The molecule has 9 nitrogen and oxygen atoms in total. The van der Waals surface area contributed by atoms with Gasteiger partial charge in [-0.1, -0.05) is 0 Å². The lowest BCUT2D eigenvalue weighted by atomic mass is 10.1. The van der Waals surface area contributed by atoms with Crippen molar-refractivity contribution >= 4 is 23.4 Å². The number of nitrogens with one attached hydrogen (secondary N) is 2. The van der Waals surface area contributed by atoms with Crippen LogP contribution in [-0.4, -0.2) is 46.1 Å². The number of nitrogens with two attached hydrogens (primary N) is 1. The number of piperazine rings is 1. The highest BCUT2D eigenvalue weighted by atomic mass is 16.4. The number of carbonyl (C=O) groups excluding carboxylic acids is 1. The van der Waals surface area contributed by atoms with Gasteiger partial charge in [0.15, 0.2) is 5.82 Å². The van der Waals surface area contributed by atoms with Crippen LogP contribution in [-0.2, 0) is 9.59 Å². The molecule has 0 bridgehead atoms. The number of aromatic nitrogens is 2. The minimum absolute atomic E-state index is 0.129. The lowest BCUT2D eigenvalue weighted by Gasteiger charge is -2.35. The normalized spacial score (nSPS) is 19.1. The second-order valence-electron chi connectivity index (χ2n) is 4.07. The first-order valence-electron chi connectivity index (χ1n) is 5.60. The summed E-state index contributed by atoms with van der Waals surface area (Å²) in [7, 11) is 0. The number of hydrogen-bond donors (Lipinski definition) is 4. The SMILES string of the molecule is Nc1c(N2CCNC(=O)C2CC(=O)O)nc[nH]c1=O. The molecule has 1 aliphatic heterocycles. The molecule has 1 unspecified atom stereocenters. The van der Waals surface area contributed by atoms with E-state index in [1.807, 2.05) is 0 Å². The fourth-order valence-corrected chi connectivity index (χ4v) is 1.97. The second-order valence-corrected chi connectivity index (χ2v) is 4.07. The van der Waals surface area contributed by atoms with Gasteiger partial charge in [-0.2, -0.15) is 0 Å². The van der Waals surface area contributed by atoms with Crippen LogP contribution in [0.15, 0.2) is 11.1 Å². The third-order valence-corrected chi connectivity index (χ3v) is 2.84. The third-order valence-electron chi connectivity index (χ3n) is 2.84. The van der Waals surface area contributed by atoms with E-state index in [0.717, 1.165) is 0 Å². The highest BCUT2D eigenvalue weighted by molar-refractivity contribution is 5.90. The van der Waals surface area contributed by atoms with Crippen LogP contribution in [0.2, 0.25) is 0 Å². The van der Waals surface area contributed by atoms with Crippen molar-refractivity contribution in [2.24, 2.45) is 0 Å². The fourth-order valence-electron chi connectivity index (χ4n) is 1.97. The first-order chi connectivity index (χ1) is 9.00. The van der Waals surface area contributed by atoms with Gasteiger partial charge in [-0.15, -0.1) is 0 Å². The Kier molecular flexibility index (Phi) is 3.36. The van der Waals surface area contributed by atoms with E-state index in [0.29, 0.717) is 13.1 Å². The number of nitrogen functional groups attached to an aromatic ring is 1. The molecule has 1 aliphatic rings. The van der Waals surface area contributed by atoms with Crippen molar-refractivity contribution in [1.29, 1.82) is 0 Å². The Morgan fingerprint density at radius 2 is 2.32 bits per heavy atom. The molecule has 5 N–H and O–H groups in total. The number of carboxylic acids is 1. The lowest BCUT2D eigenvalue weighted by Crippen LogP contribution is -2.56. The van der Waals surface area contributed by atoms with Crippen molar-refractivity contribution in [1.82, 2.24) is 15.3 Å². The van der Waals surface area contributed by atoms with Gasteiger partial charge in [0.2, 0.25) is 5.91 Å². The largest absolute Gasteiger partial charge is 0.481 e. The molecule has 0 aliphatic carbocycles. The molecule has 1 atom stereocenters. The maximum atomic E-state index is 11.7. The summed E-state index contributed by atoms with van der Waals surface area (Å²) in [6.45, 7) is 0.674. The van der Waals surface area contributed by atoms with Gasteiger partial charge in [-0.3, -0.25) is 14.4 Å². The zero-order valence-electron chi connectivity index (χ0n) is 9.92. The Morgan fingerprint density at radius 3 is 3.00 bits per heavy atom. The van der Waals surface area contributed by atoms with Gasteiger partial charge < -0.3 is 26.0 Å². The molecule has 2 rings (SSSR count). The molecule has 1 saturated heterocycles. The molecule has 1 amide bonds. The molecule has 9 heteroatoms. The van der Waals surface area contributed by atoms with E-state index < -0.39 is 23.5 Å². The Labute approximate surface area is 107 Å². The first-order valence-corrected chi connectivity index (χ1v) is 5.60. The first kappa shape index (κ1) is 12.9. The maximum absolute atomic E-state index is 11.7. The topological polar surface area (TPSA) is 141 Å². The Morgan fingerprint density at radius 1 is 1.58 bits per heavy atom. The number of carboxylic acid groups (broad SMARTS) is 1. The quantitative estimate of drug-likeness (QED) is 0.502. The minimum atomic E-state index is -1.12. The molecular formula is C10H13N5O4. The van der Waals surface area contributed by atoms with Crippen molar-refractivity contribution in [3.05, 3.63) is 16.7 Å². The summed E-state index contributed by atoms with van der Waals surface area (Å²) in [6.07, 6.45) is 0.776. The van der Waals surface area contributed by atoms with E-state index in [2.05, 4.69) is 15.3 Å². The Balaban J connectivity index is 2.39. The number of rotatable bonds is 3. The Bertz CT molecular complexity index is 569. The highest BCUT2D eigenvalue weighted by Crippen LogP contribution is 2.21. The predicted molar refractivity (Wildman–Crippen MR) is 65.7 cm³/mol. The molecule has 0 radical (unpaired) electrons. The van der Waals surface area contributed by atoms with Gasteiger partial charge in [0, 0.05) is 13.1 Å². The van der Waals surface area contributed by atoms with E-state index in [9.17, 15) is 14.4 Å². The molecule has 1 aromatic rings. The van der Waals surface area contributed by atoms with Gasteiger partial charge in [0.05, 0.1) is 12.7 Å². The minimum Gasteiger partial charge on any atom is -0.481 e. The van der Waals surface area contributed by atoms with Gasteiger partial charge in [0.1, 0.15) is 11.7 Å². The molecule has 2 heterocycles. The molecule has 0 saturated carbocycles. The molecule has 1 aromatic heterocycles.